The SMILES string of the molecule is O=Cc1ccc(C(O)C(O)CBr)o1. The summed E-state index contributed by atoms with van der Waals surface area (Å²) in [6.45, 7) is 0. The second-order valence-corrected chi connectivity index (χ2v) is 3.17. The molecule has 1 aromatic rings. The van der Waals surface area contributed by atoms with Gasteiger partial charge in [0.2, 0.25) is 0 Å². The van der Waals surface area contributed by atoms with Crippen LogP contribution in [0.2, 0.25) is 0 Å². The number of aldehydes is 1. The molecule has 0 aliphatic rings. The Morgan fingerprint density at radius 2 is 2.23 bits per heavy atom. The van der Waals surface area contributed by atoms with Crippen molar-refractivity contribution < 1.29 is 19.4 Å². The van der Waals surface area contributed by atoms with Crippen LogP contribution in [0.15, 0.2) is 16.5 Å². The average Bonchev–Trinajstić information content (AvgIpc) is 2.63. The van der Waals surface area contributed by atoms with Crippen LogP contribution in [0.1, 0.15) is 22.4 Å². The molecule has 2 unspecified atom stereocenters. The first-order valence-electron chi connectivity index (χ1n) is 3.66. The van der Waals surface area contributed by atoms with Crippen molar-refractivity contribution in [2.24, 2.45) is 0 Å². The Hall–Kier alpha value is -0.650. The number of hydrogen-bond acceptors (Lipinski definition) is 4. The molecule has 0 saturated heterocycles. The average molecular weight is 249 g/mol. The van der Waals surface area contributed by atoms with Crippen LogP contribution in [0.4, 0.5) is 0 Å². The van der Waals surface area contributed by atoms with E-state index in [1.807, 2.05) is 0 Å². The molecular weight excluding hydrogens is 240 g/mol. The Balaban J connectivity index is 2.76. The monoisotopic (exact) mass is 248 g/mol. The second kappa shape index (κ2) is 4.55. The van der Waals surface area contributed by atoms with Gasteiger partial charge in [0, 0.05) is 5.33 Å². The van der Waals surface area contributed by atoms with Gasteiger partial charge in [-0.2, -0.15) is 0 Å². The van der Waals surface area contributed by atoms with Crippen LogP contribution in [-0.4, -0.2) is 27.9 Å². The molecule has 1 aromatic heterocycles. The minimum Gasteiger partial charge on any atom is -0.455 e. The lowest BCUT2D eigenvalue weighted by atomic mass is 10.2. The Morgan fingerprint density at radius 1 is 1.54 bits per heavy atom. The van der Waals surface area contributed by atoms with Gasteiger partial charge in [-0.3, -0.25) is 4.79 Å². The number of carbonyl (C=O) groups is 1. The molecule has 0 radical (unpaired) electrons. The minimum atomic E-state index is -1.10. The zero-order chi connectivity index (χ0) is 9.84. The molecule has 4 nitrogen and oxygen atoms in total. The molecule has 2 N–H and O–H groups in total. The Kier molecular flexibility index (Phi) is 3.65. The quantitative estimate of drug-likeness (QED) is 0.613. The fourth-order valence-corrected chi connectivity index (χ4v) is 1.22. The van der Waals surface area contributed by atoms with Crippen LogP contribution in [0.5, 0.6) is 0 Å². The van der Waals surface area contributed by atoms with E-state index in [-0.39, 0.29) is 16.9 Å². The predicted molar refractivity (Wildman–Crippen MR) is 48.9 cm³/mol. The molecule has 0 aromatic carbocycles. The number of rotatable bonds is 4. The molecule has 2 atom stereocenters. The van der Waals surface area contributed by atoms with E-state index < -0.39 is 12.2 Å². The first-order chi connectivity index (χ1) is 6.19. The number of aliphatic hydroxyl groups excluding tert-OH is 2. The van der Waals surface area contributed by atoms with E-state index in [0.717, 1.165) is 0 Å². The Labute approximate surface area is 83.3 Å². The van der Waals surface area contributed by atoms with Crippen LogP contribution >= 0.6 is 15.9 Å². The number of carbonyl (C=O) groups excluding carboxylic acids is 1. The van der Waals surface area contributed by atoms with Crippen molar-refractivity contribution in [1.82, 2.24) is 0 Å². The van der Waals surface area contributed by atoms with E-state index in [1.54, 1.807) is 0 Å². The number of furan rings is 1. The molecule has 0 amide bonds. The van der Waals surface area contributed by atoms with Gasteiger partial charge in [0.05, 0.1) is 6.10 Å². The van der Waals surface area contributed by atoms with E-state index in [4.69, 9.17) is 4.42 Å². The fraction of sp³-hybridized carbons (Fsp3) is 0.375. The molecule has 1 heterocycles. The maximum Gasteiger partial charge on any atom is 0.185 e. The molecule has 0 fully saturated rings. The summed E-state index contributed by atoms with van der Waals surface area (Å²) < 4.78 is 4.92. The highest BCUT2D eigenvalue weighted by Gasteiger charge is 2.20. The maximum atomic E-state index is 10.2. The Bertz CT molecular complexity index is 283. The van der Waals surface area contributed by atoms with E-state index in [1.165, 1.54) is 12.1 Å². The summed E-state index contributed by atoms with van der Waals surface area (Å²) in [6, 6.07) is 2.90. The number of alkyl halides is 1. The molecule has 0 saturated carbocycles. The first-order valence-corrected chi connectivity index (χ1v) is 4.78. The van der Waals surface area contributed by atoms with Crippen molar-refractivity contribution in [2.75, 3.05) is 5.33 Å². The van der Waals surface area contributed by atoms with E-state index in [2.05, 4.69) is 15.9 Å². The van der Waals surface area contributed by atoms with Crippen LogP contribution in [-0.2, 0) is 0 Å². The summed E-state index contributed by atoms with van der Waals surface area (Å²) >= 11 is 3.02. The summed E-state index contributed by atoms with van der Waals surface area (Å²) in [5, 5.41) is 18.9. The zero-order valence-corrected chi connectivity index (χ0v) is 8.27. The minimum absolute atomic E-state index is 0.135. The molecule has 0 aliphatic carbocycles. The normalized spacial score (nSPS) is 15.3. The van der Waals surface area contributed by atoms with Crippen molar-refractivity contribution >= 4 is 22.2 Å². The van der Waals surface area contributed by atoms with E-state index in [0.29, 0.717) is 6.29 Å². The third kappa shape index (κ3) is 2.40. The molecule has 72 valence electrons. The molecule has 0 bridgehead atoms. The second-order valence-electron chi connectivity index (χ2n) is 2.52. The third-order valence-electron chi connectivity index (χ3n) is 1.58. The largest absolute Gasteiger partial charge is 0.455 e. The predicted octanol–water partition coefficient (Wildman–Crippen LogP) is 0.881. The molecule has 1 rings (SSSR count). The summed E-state index contributed by atoms with van der Waals surface area (Å²) in [4.78, 5) is 10.2. The van der Waals surface area contributed by atoms with Gasteiger partial charge in [0.25, 0.3) is 0 Å². The number of aliphatic hydroxyl groups is 2. The van der Waals surface area contributed by atoms with Gasteiger partial charge in [-0.05, 0) is 12.1 Å². The molecule has 5 heteroatoms. The highest BCUT2D eigenvalue weighted by Crippen LogP contribution is 2.19. The number of hydrogen-bond donors (Lipinski definition) is 2. The summed E-state index contributed by atoms with van der Waals surface area (Å²) in [6.07, 6.45) is -1.50. The smallest absolute Gasteiger partial charge is 0.185 e. The van der Waals surface area contributed by atoms with Crippen molar-refractivity contribution in [1.29, 1.82) is 0 Å². The van der Waals surface area contributed by atoms with Crippen LogP contribution in [0, 0.1) is 0 Å². The van der Waals surface area contributed by atoms with Crippen LogP contribution in [0.3, 0.4) is 0 Å². The standard InChI is InChI=1S/C8H9BrO4/c9-3-6(11)8(12)7-2-1-5(4-10)13-7/h1-2,4,6,8,11-12H,3H2. The lowest BCUT2D eigenvalue weighted by Crippen LogP contribution is -2.18. The Morgan fingerprint density at radius 3 is 2.69 bits per heavy atom. The fourth-order valence-electron chi connectivity index (χ4n) is 0.865. The summed E-state index contributed by atoms with van der Waals surface area (Å²) in [5.41, 5.74) is 0. The van der Waals surface area contributed by atoms with Crippen molar-refractivity contribution in [3.8, 4) is 0 Å². The van der Waals surface area contributed by atoms with E-state index >= 15 is 0 Å². The van der Waals surface area contributed by atoms with Gasteiger partial charge in [-0.1, -0.05) is 15.9 Å². The topological polar surface area (TPSA) is 70.7 Å². The van der Waals surface area contributed by atoms with Gasteiger partial charge < -0.3 is 14.6 Å². The van der Waals surface area contributed by atoms with Crippen LogP contribution in [0.25, 0.3) is 0 Å². The van der Waals surface area contributed by atoms with Gasteiger partial charge in [-0.15, -0.1) is 0 Å². The van der Waals surface area contributed by atoms with Gasteiger partial charge in [0.1, 0.15) is 11.9 Å². The highest BCUT2D eigenvalue weighted by molar-refractivity contribution is 9.09. The summed E-state index contributed by atoms with van der Waals surface area (Å²) in [7, 11) is 0. The van der Waals surface area contributed by atoms with Gasteiger partial charge in [-0.25, -0.2) is 0 Å². The molecule has 13 heavy (non-hydrogen) atoms. The van der Waals surface area contributed by atoms with Crippen molar-refractivity contribution in [3.63, 3.8) is 0 Å². The first kappa shape index (κ1) is 10.4. The number of halogens is 1. The van der Waals surface area contributed by atoms with Crippen molar-refractivity contribution in [2.45, 2.75) is 12.2 Å². The lowest BCUT2D eigenvalue weighted by molar-refractivity contribution is 0.0199. The molecule has 0 aliphatic heterocycles. The summed E-state index contributed by atoms with van der Waals surface area (Å²) in [5.74, 6) is 0.324. The molecular formula is C8H9BrO4. The lowest BCUT2D eigenvalue weighted by Gasteiger charge is -2.12. The van der Waals surface area contributed by atoms with Gasteiger partial charge >= 0.3 is 0 Å². The van der Waals surface area contributed by atoms with Crippen LogP contribution < -0.4 is 0 Å². The van der Waals surface area contributed by atoms with Gasteiger partial charge in [0.15, 0.2) is 12.0 Å². The van der Waals surface area contributed by atoms with Crippen molar-refractivity contribution in [3.05, 3.63) is 23.7 Å². The zero-order valence-electron chi connectivity index (χ0n) is 6.68. The van der Waals surface area contributed by atoms with E-state index in [9.17, 15) is 15.0 Å². The third-order valence-corrected chi connectivity index (χ3v) is 2.24. The highest BCUT2D eigenvalue weighted by atomic mass is 79.9. The maximum absolute atomic E-state index is 10.2. The molecule has 0 spiro atoms.